The van der Waals surface area contributed by atoms with Gasteiger partial charge in [0.15, 0.2) is 5.82 Å². The maximum absolute atomic E-state index is 6.25. The molecule has 0 aliphatic rings. The molecule has 0 fully saturated rings. The SMILES string of the molecule is Cc1c(Cl)nc(-c2ncccc2Cl)nc1-c1ccccc1. The van der Waals surface area contributed by atoms with Crippen molar-refractivity contribution in [3.8, 4) is 22.8 Å². The Labute approximate surface area is 132 Å². The quantitative estimate of drug-likeness (QED) is 0.636. The van der Waals surface area contributed by atoms with Gasteiger partial charge in [-0.15, -0.1) is 0 Å². The second kappa shape index (κ2) is 5.80. The van der Waals surface area contributed by atoms with Crippen LogP contribution in [0.1, 0.15) is 5.56 Å². The molecule has 0 aliphatic heterocycles. The molecule has 21 heavy (non-hydrogen) atoms. The Morgan fingerprint density at radius 3 is 2.33 bits per heavy atom. The van der Waals surface area contributed by atoms with Crippen LogP contribution in [-0.4, -0.2) is 15.0 Å². The molecular formula is C16H11Cl2N3. The minimum absolute atomic E-state index is 0.403. The van der Waals surface area contributed by atoms with Crippen molar-refractivity contribution in [1.82, 2.24) is 15.0 Å². The van der Waals surface area contributed by atoms with Crippen LogP contribution in [0.25, 0.3) is 22.8 Å². The monoisotopic (exact) mass is 315 g/mol. The highest BCUT2D eigenvalue weighted by molar-refractivity contribution is 6.33. The first-order valence-corrected chi connectivity index (χ1v) is 7.13. The van der Waals surface area contributed by atoms with Gasteiger partial charge in [0.25, 0.3) is 0 Å². The lowest BCUT2D eigenvalue weighted by molar-refractivity contribution is 1.12. The maximum Gasteiger partial charge on any atom is 0.181 e. The summed E-state index contributed by atoms with van der Waals surface area (Å²) in [7, 11) is 0. The molecule has 0 aliphatic carbocycles. The highest BCUT2D eigenvalue weighted by atomic mass is 35.5. The van der Waals surface area contributed by atoms with Gasteiger partial charge in [0, 0.05) is 17.3 Å². The van der Waals surface area contributed by atoms with Crippen molar-refractivity contribution in [2.45, 2.75) is 6.92 Å². The summed E-state index contributed by atoms with van der Waals surface area (Å²) in [4.78, 5) is 13.1. The first-order valence-electron chi connectivity index (χ1n) is 6.37. The average molecular weight is 316 g/mol. The van der Waals surface area contributed by atoms with Crippen LogP contribution >= 0.6 is 23.2 Å². The molecule has 0 unspecified atom stereocenters. The molecule has 0 spiro atoms. The number of hydrogen-bond acceptors (Lipinski definition) is 3. The summed E-state index contributed by atoms with van der Waals surface area (Å²) in [6, 6.07) is 13.3. The molecule has 3 nitrogen and oxygen atoms in total. The predicted molar refractivity (Wildman–Crippen MR) is 85.5 cm³/mol. The lowest BCUT2D eigenvalue weighted by atomic mass is 10.1. The Hall–Kier alpha value is -1.97. The molecule has 0 atom stereocenters. The largest absolute Gasteiger partial charge is 0.251 e. The van der Waals surface area contributed by atoms with E-state index >= 15 is 0 Å². The summed E-state index contributed by atoms with van der Waals surface area (Å²) in [6.45, 7) is 1.90. The van der Waals surface area contributed by atoms with Crippen molar-refractivity contribution in [3.05, 3.63) is 64.4 Å². The van der Waals surface area contributed by atoms with Gasteiger partial charge in [-0.1, -0.05) is 53.5 Å². The fourth-order valence-corrected chi connectivity index (χ4v) is 2.40. The van der Waals surface area contributed by atoms with Crippen LogP contribution in [0.3, 0.4) is 0 Å². The van der Waals surface area contributed by atoms with Crippen LogP contribution in [0.4, 0.5) is 0 Å². The van der Waals surface area contributed by atoms with Crippen molar-refractivity contribution in [3.63, 3.8) is 0 Å². The summed E-state index contributed by atoms with van der Waals surface area (Å²) < 4.78 is 0. The highest BCUT2D eigenvalue weighted by Gasteiger charge is 2.14. The van der Waals surface area contributed by atoms with Crippen LogP contribution in [-0.2, 0) is 0 Å². The van der Waals surface area contributed by atoms with Crippen molar-refractivity contribution >= 4 is 23.2 Å². The van der Waals surface area contributed by atoms with E-state index in [1.165, 1.54) is 0 Å². The molecule has 3 rings (SSSR count). The molecule has 104 valence electrons. The van der Waals surface area contributed by atoms with E-state index in [1.54, 1.807) is 18.3 Å². The summed E-state index contributed by atoms with van der Waals surface area (Å²) in [6.07, 6.45) is 1.65. The Morgan fingerprint density at radius 1 is 0.857 bits per heavy atom. The van der Waals surface area contributed by atoms with Crippen LogP contribution < -0.4 is 0 Å². The van der Waals surface area contributed by atoms with Gasteiger partial charge < -0.3 is 0 Å². The normalized spacial score (nSPS) is 10.6. The molecule has 2 aromatic heterocycles. The number of pyridine rings is 1. The van der Waals surface area contributed by atoms with E-state index in [9.17, 15) is 0 Å². The van der Waals surface area contributed by atoms with E-state index in [0.717, 1.165) is 16.8 Å². The number of benzene rings is 1. The number of halogens is 2. The van der Waals surface area contributed by atoms with Crippen LogP contribution in [0.5, 0.6) is 0 Å². The Morgan fingerprint density at radius 2 is 1.62 bits per heavy atom. The molecular weight excluding hydrogens is 305 g/mol. The first kappa shape index (κ1) is 14.0. The second-order valence-electron chi connectivity index (χ2n) is 4.51. The number of aromatic nitrogens is 3. The van der Waals surface area contributed by atoms with Crippen molar-refractivity contribution in [1.29, 1.82) is 0 Å². The summed E-state index contributed by atoms with van der Waals surface area (Å²) in [5.74, 6) is 0.426. The predicted octanol–water partition coefficient (Wildman–Crippen LogP) is 4.82. The van der Waals surface area contributed by atoms with E-state index in [2.05, 4.69) is 15.0 Å². The summed E-state index contributed by atoms with van der Waals surface area (Å²) >= 11 is 12.4. The van der Waals surface area contributed by atoms with Gasteiger partial charge >= 0.3 is 0 Å². The minimum Gasteiger partial charge on any atom is -0.251 e. The van der Waals surface area contributed by atoms with Gasteiger partial charge in [0.2, 0.25) is 0 Å². The van der Waals surface area contributed by atoms with Gasteiger partial charge in [-0.3, -0.25) is 4.98 Å². The van der Waals surface area contributed by atoms with Gasteiger partial charge in [0.1, 0.15) is 10.8 Å². The topological polar surface area (TPSA) is 38.7 Å². The zero-order valence-electron chi connectivity index (χ0n) is 11.2. The van der Waals surface area contributed by atoms with Gasteiger partial charge in [-0.2, -0.15) is 0 Å². The third-order valence-corrected chi connectivity index (χ3v) is 3.78. The van der Waals surface area contributed by atoms with E-state index in [-0.39, 0.29) is 0 Å². The smallest absolute Gasteiger partial charge is 0.181 e. The van der Waals surface area contributed by atoms with E-state index < -0.39 is 0 Å². The third kappa shape index (κ3) is 2.75. The molecule has 2 heterocycles. The Kier molecular flexibility index (Phi) is 3.86. The van der Waals surface area contributed by atoms with Gasteiger partial charge in [-0.05, 0) is 19.1 Å². The lowest BCUT2D eigenvalue weighted by Gasteiger charge is -2.09. The second-order valence-corrected chi connectivity index (χ2v) is 5.28. The Balaban J connectivity index is 2.22. The van der Waals surface area contributed by atoms with E-state index in [4.69, 9.17) is 23.2 Å². The van der Waals surface area contributed by atoms with E-state index in [1.807, 2.05) is 37.3 Å². The molecule has 0 amide bonds. The maximum atomic E-state index is 6.25. The van der Waals surface area contributed by atoms with Crippen molar-refractivity contribution in [2.24, 2.45) is 0 Å². The third-order valence-electron chi connectivity index (χ3n) is 3.10. The van der Waals surface area contributed by atoms with Crippen LogP contribution in [0.2, 0.25) is 10.2 Å². The molecule has 0 radical (unpaired) electrons. The zero-order chi connectivity index (χ0) is 14.8. The molecule has 5 heteroatoms. The fourth-order valence-electron chi connectivity index (χ4n) is 2.02. The van der Waals surface area contributed by atoms with E-state index in [0.29, 0.717) is 21.7 Å². The zero-order valence-corrected chi connectivity index (χ0v) is 12.7. The minimum atomic E-state index is 0.403. The Bertz CT molecular complexity index is 789. The van der Waals surface area contributed by atoms with Gasteiger partial charge in [-0.25, -0.2) is 9.97 Å². The van der Waals surface area contributed by atoms with Crippen molar-refractivity contribution < 1.29 is 0 Å². The molecule has 0 saturated heterocycles. The fraction of sp³-hybridized carbons (Fsp3) is 0.0625. The number of hydrogen-bond donors (Lipinski definition) is 0. The lowest BCUT2D eigenvalue weighted by Crippen LogP contribution is -1.99. The summed E-state index contributed by atoms with van der Waals surface area (Å²) in [5, 5.41) is 0.900. The number of rotatable bonds is 2. The molecule has 0 N–H and O–H groups in total. The van der Waals surface area contributed by atoms with Crippen molar-refractivity contribution in [2.75, 3.05) is 0 Å². The van der Waals surface area contributed by atoms with Crippen LogP contribution in [0.15, 0.2) is 48.7 Å². The highest BCUT2D eigenvalue weighted by Crippen LogP contribution is 2.30. The first-order chi connectivity index (χ1) is 10.2. The number of nitrogens with zero attached hydrogens (tertiary/aromatic N) is 3. The molecule has 3 aromatic rings. The molecule has 0 bridgehead atoms. The molecule has 0 saturated carbocycles. The average Bonchev–Trinajstić information content (AvgIpc) is 2.51. The standard InChI is InChI=1S/C16H11Cl2N3/c1-10-13(11-6-3-2-4-7-11)20-16(21-15(10)18)14-12(17)8-5-9-19-14/h2-9H,1H3. The van der Waals surface area contributed by atoms with Gasteiger partial charge in [0.05, 0.1) is 10.7 Å². The van der Waals surface area contributed by atoms with Crippen LogP contribution in [0, 0.1) is 6.92 Å². The summed E-state index contributed by atoms with van der Waals surface area (Å²) in [5.41, 5.74) is 3.12. The molecule has 1 aromatic carbocycles.